The van der Waals surface area contributed by atoms with E-state index in [0.29, 0.717) is 0 Å². The molecule has 0 fully saturated rings. The van der Waals surface area contributed by atoms with Crippen molar-refractivity contribution in [2.75, 3.05) is 11.9 Å². The fraction of sp³-hybridized carbons (Fsp3) is 0.462. The van der Waals surface area contributed by atoms with Crippen molar-refractivity contribution < 1.29 is 4.79 Å². The van der Waals surface area contributed by atoms with Gasteiger partial charge in [0.15, 0.2) is 0 Å². The van der Waals surface area contributed by atoms with Crippen LogP contribution in [0.4, 0.5) is 5.69 Å². The normalized spacial score (nSPS) is 13.5. The molecule has 1 aromatic rings. The number of nitrogens with two attached hydrogens (primary N) is 1. The smallest absolute Gasteiger partial charge is 0.231 e. The Morgan fingerprint density at radius 3 is 2.12 bits per heavy atom. The van der Waals surface area contributed by atoms with E-state index in [9.17, 15) is 4.79 Å². The molecule has 0 aliphatic rings. The van der Waals surface area contributed by atoms with Gasteiger partial charge in [0, 0.05) is 18.8 Å². The molecule has 1 amide bonds. The van der Waals surface area contributed by atoms with E-state index in [4.69, 9.17) is 5.73 Å². The number of carbonyl (C=O) groups excluding carboxylic acids is 1. The third kappa shape index (κ3) is 4.02. The maximum Gasteiger partial charge on any atom is 0.231 e. The first-order valence-corrected chi connectivity index (χ1v) is 5.53. The van der Waals surface area contributed by atoms with Gasteiger partial charge in [0.25, 0.3) is 0 Å². The number of amides is 1. The number of carbonyl (C=O) groups is 1. The molecule has 2 N–H and O–H groups in total. The molecule has 0 aliphatic heterocycles. The van der Waals surface area contributed by atoms with Gasteiger partial charge in [0.1, 0.15) is 0 Å². The first-order valence-electron chi connectivity index (χ1n) is 5.53. The fourth-order valence-electron chi connectivity index (χ4n) is 1.43. The first kappa shape index (κ1) is 15.9. The number of nitrogens with zero attached hydrogens (tertiary/aromatic N) is 1. The molecule has 1 rings (SSSR count). The van der Waals surface area contributed by atoms with Crippen molar-refractivity contribution in [1.29, 1.82) is 0 Å². The van der Waals surface area contributed by atoms with Crippen molar-refractivity contribution in [2.24, 2.45) is 11.7 Å². The minimum Gasteiger partial charge on any atom is -0.327 e. The molecule has 0 heterocycles. The second kappa shape index (κ2) is 6.62. The topological polar surface area (TPSA) is 46.3 Å². The van der Waals surface area contributed by atoms with Crippen LogP contribution in [0.2, 0.25) is 0 Å². The van der Waals surface area contributed by atoms with Crippen LogP contribution in [-0.2, 0) is 4.79 Å². The van der Waals surface area contributed by atoms with Crippen molar-refractivity contribution in [3.63, 3.8) is 0 Å². The average Bonchev–Trinajstić information content (AvgIpc) is 2.27. The minimum atomic E-state index is -0.161. The Kier molecular flexibility index (Phi) is 6.21. The monoisotopic (exact) mass is 256 g/mol. The SMILES string of the molecule is Cc1ccc(N(C)C(=O)C(C)C(C)N)cc1.Cl. The lowest BCUT2D eigenvalue weighted by atomic mass is 10.0. The fourth-order valence-corrected chi connectivity index (χ4v) is 1.43. The molecule has 0 aromatic heterocycles. The predicted octanol–water partition coefficient (Wildman–Crippen LogP) is 2.36. The summed E-state index contributed by atoms with van der Waals surface area (Å²) in [6.07, 6.45) is 0. The third-order valence-corrected chi connectivity index (χ3v) is 2.93. The van der Waals surface area contributed by atoms with Crippen LogP contribution in [0, 0.1) is 12.8 Å². The van der Waals surface area contributed by atoms with Gasteiger partial charge in [-0.25, -0.2) is 0 Å². The molecule has 4 heteroatoms. The number of aryl methyl sites for hydroxylation is 1. The molecule has 2 unspecified atom stereocenters. The molecule has 96 valence electrons. The highest BCUT2D eigenvalue weighted by atomic mass is 35.5. The number of hydrogen-bond acceptors (Lipinski definition) is 2. The Balaban J connectivity index is 0.00000256. The summed E-state index contributed by atoms with van der Waals surface area (Å²) >= 11 is 0. The van der Waals surface area contributed by atoms with Crippen molar-refractivity contribution in [2.45, 2.75) is 26.8 Å². The van der Waals surface area contributed by atoms with E-state index in [2.05, 4.69) is 0 Å². The summed E-state index contributed by atoms with van der Waals surface area (Å²) in [6.45, 7) is 5.74. The number of halogens is 1. The van der Waals surface area contributed by atoms with E-state index >= 15 is 0 Å². The third-order valence-electron chi connectivity index (χ3n) is 2.93. The van der Waals surface area contributed by atoms with Crippen LogP contribution in [0.1, 0.15) is 19.4 Å². The van der Waals surface area contributed by atoms with E-state index in [0.717, 1.165) is 5.69 Å². The lowest BCUT2D eigenvalue weighted by Crippen LogP contribution is -2.39. The highest BCUT2D eigenvalue weighted by molar-refractivity contribution is 5.94. The van der Waals surface area contributed by atoms with Gasteiger partial charge >= 0.3 is 0 Å². The van der Waals surface area contributed by atoms with Gasteiger partial charge in [-0.2, -0.15) is 0 Å². The summed E-state index contributed by atoms with van der Waals surface area (Å²) in [6, 6.07) is 7.76. The van der Waals surface area contributed by atoms with Gasteiger partial charge in [-0.15, -0.1) is 12.4 Å². The van der Waals surface area contributed by atoms with Crippen LogP contribution in [0.15, 0.2) is 24.3 Å². The van der Waals surface area contributed by atoms with Gasteiger partial charge in [0.05, 0.1) is 5.92 Å². The first-order chi connectivity index (χ1) is 7.43. The molecule has 0 spiro atoms. The maximum atomic E-state index is 12.0. The molecule has 0 bridgehead atoms. The van der Waals surface area contributed by atoms with Crippen LogP contribution in [0.5, 0.6) is 0 Å². The van der Waals surface area contributed by atoms with Crippen molar-refractivity contribution in [3.05, 3.63) is 29.8 Å². The van der Waals surface area contributed by atoms with Crippen LogP contribution in [0.25, 0.3) is 0 Å². The molecule has 1 aromatic carbocycles. The van der Waals surface area contributed by atoms with Crippen molar-refractivity contribution in [3.8, 4) is 0 Å². The number of anilines is 1. The Hall–Kier alpha value is -1.06. The summed E-state index contributed by atoms with van der Waals surface area (Å²) in [5.41, 5.74) is 7.82. The number of rotatable bonds is 3. The Bertz CT molecular complexity index is 362. The van der Waals surface area contributed by atoms with E-state index in [1.54, 1.807) is 11.9 Å². The zero-order valence-corrected chi connectivity index (χ0v) is 11.6. The molecular formula is C13H21ClN2O. The summed E-state index contributed by atoms with van der Waals surface area (Å²) in [5.74, 6) is -0.106. The Morgan fingerprint density at radius 1 is 1.24 bits per heavy atom. The molecule has 0 radical (unpaired) electrons. The second-order valence-corrected chi connectivity index (χ2v) is 4.38. The summed E-state index contributed by atoms with van der Waals surface area (Å²) in [5, 5.41) is 0. The molecular weight excluding hydrogens is 236 g/mol. The highest BCUT2D eigenvalue weighted by Crippen LogP contribution is 2.16. The lowest BCUT2D eigenvalue weighted by Gasteiger charge is -2.23. The van der Waals surface area contributed by atoms with Gasteiger partial charge < -0.3 is 10.6 Å². The largest absolute Gasteiger partial charge is 0.327 e. The number of benzene rings is 1. The Labute approximate surface area is 109 Å². The van der Waals surface area contributed by atoms with Gasteiger partial charge in [-0.3, -0.25) is 4.79 Å². The van der Waals surface area contributed by atoms with Crippen LogP contribution < -0.4 is 10.6 Å². The summed E-state index contributed by atoms with van der Waals surface area (Å²) in [7, 11) is 1.78. The molecule has 0 aliphatic carbocycles. The molecule has 2 atom stereocenters. The molecule has 0 saturated heterocycles. The second-order valence-electron chi connectivity index (χ2n) is 4.38. The number of hydrogen-bond donors (Lipinski definition) is 1. The van der Waals surface area contributed by atoms with Gasteiger partial charge in [-0.05, 0) is 26.0 Å². The van der Waals surface area contributed by atoms with E-state index in [-0.39, 0.29) is 30.3 Å². The molecule has 17 heavy (non-hydrogen) atoms. The van der Waals surface area contributed by atoms with Gasteiger partial charge in [0.2, 0.25) is 5.91 Å². The molecule has 0 saturated carbocycles. The van der Waals surface area contributed by atoms with E-state index in [1.165, 1.54) is 5.56 Å². The predicted molar refractivity (Wildman–Crippen MR) is 74.7 cm³/mol. The minimum absolute atomic E-state index is 0. The van der Waals surface area contributed by atoms with E-state index < -0.39 is 0 Å². The maximum absolute atomic E-state index is 12.0. The quantitative estimate of drug-likeness (QED) is 0.903. The van der Waals surface area contributed by atoms with Crippen molar-refractivity contribution >= 4 is 24.0 Å². The van der Waals surface area contributed by atoms with Crippen LogP contribution >= 0.6 is 12.4 Å². The zero-order valence-electron chi connectivity index (χ0n) is 10.8. The van der Waals surface area contributed by atoms with Crippen LogP contribution in [-0.4, -0.2) is 19.0 Å². The molecule has 3 nitrogen and oxygen atoms in total. The van der Waals surface area contributed by atoms with Crippen LogP contribution in [0.3, 0.4) is 0 Å². The average molecular weight is 257 g/mol. The summed E-state index contributed by atoms with van der Waals surface area (Å²) in [4.78, 5) is 13.7. The van der Waals surface area contributed by atoms with E-state index in [1.807, 2.05) is 45.0 Å². The Morgan fingerprint density at radius 2 is 1.71 bits per heavy atom. The standard InChI is InChI=1S/C13H20N2O.ClH/c1-9-5-7-12(8-6-9)15(4)13(16)10(2)11(3)14;/h5-8,10-11H,14H2,1-4H3;1H. The zero-order chi connectivity index (χ0) is 12.3. The van der Waals surface area contributed by atoms with Gasteiger partial charge in [-0.1, -0.05) is 24.6 Å². The summed E-state index contributed by atoms with van der Waals surface area (Å²) < 4.78 is 0. The highest BCUT2D eigenvalue weighted by Gasteiger charge is 2.21. The van der Waals surface area contributed by atoms with Crippen molar-refractivity contribution in [1.82, 2.24) is 0 Å². The lowest BCUT2D eigenvalue weighted by molar-refractivity contribution is -0.122.